The molecular weight excluding hydrogens is 152 g/mol. The van der Waals surface area contributed by atoms with Crippen molar-refractivity contribution < 1.29 is 9.90 Å². The SMILES string of the molecule is CCC1=CC(=O)CC(O)C1(C)C. The highest BCUT2D eigenvalue weighted by Crippen LogP contribution is 2.37. The van der Waals surface area contributed by atoms with Crippen LogP contribution < -0.4 is 0 Å². The number of ketones is 1. The Balaban J connectivity index is 3.00. The summed E-state index contributed by atoms with van der Waals surface area (Å²) < 4.78 is 0. The number of aliphatic hydroxyl groups excluding tert-OH is 1. The number of rotatable bonds is 1. The van der Waals surface area contributed by atoms with Gasteiger partial charge in [-0.2, -0.15) is 0 Å². The predicted molar refractivity (Wildman–Crippen MR) is 47.8 cm³/mol. The zero-order valence-corrected chi connectivity index (χ0v) is 7.92. The van der Waals surface area contributed by atoms with E-state index in [1.54, 1.807) is 6.08 Å². The van der Waals surface area contributed by atoms with Crippen molar-refractivity contribution in [2.45, 2.75) is 39.7 Å². The van der Waals surface area contributed by atoms with E-state index in [1.165, 1.54) is 0 Å². The van der Waals surface area contributed by atoms with Crippen LogP contribution in [0.2, 0.25) is 0 Å². The van der Waals surface area contributed by atoms with Crippen LogP contribution >= 0.6 is 0 Å². The van der Waals surface area contributed by atoms with Crippen molar-refractivity contribution in [1.29, 1.82) is 0 Å². The van der Waals surface area contributed by atoms with Gasteiger partial charge in [0.15, 0.2) is 5.78 Å². The largest absolute Gasteiger partial charge is 0.392 e. The van der Waals surface area contributed by atoms with E-state index in [2.05, 4.69) is 0 Å². The van der Waals surface area contributed by atoms with Gasteiger partial charge in [0.2, 0.25) is 0 Å². The normalized spacial score (nSPS) is 28.5. The first-order valence-corrected chi connectivity index (χ1v) is 4.40. The molecule has 0 radical (unpaired) electrons. The molecule has 1 rings (SSSR count). The molecule has 0 saturated carbocycles. The lowest BCUT2D eigenvalue weighted by Crippen LogP contribution is -2.36. The first-order chi connectivity index (χ1) is 5.48. The number of carbonyl (C=O) groups is 1. The first-order valence-electron chi connectivity index (χ1n) is 4.40. The molecule has 0 fully saturated rings. The fourth-order valence-electron chi connectivity index (χ4n) is 1.66. The minimum atomic E-state index is -0.509. The third-order valence-electron chi connectivity index (χ3n) is 2.77. The minimum absolute atomic E-state index is 0.0543. The highest BCUT2D eigenvalue weighted by atomic mass is 16.3. The quantitative estimate of drug-likeness (QED) is 0.646. The summed E-state index contributed by atoms with van der Waals surface area (Å²) in [5.74, 6) is 0.0543. The first kappa shape index (κ1) is 9.46. The van der Waals surface area contributed by atoms with E-state index in [-0.39, 0.29) is 17.6 Å². The van der Waals surface area contributed by atoms with E-state index >= 15 is 0 Å². The van der Waals surface area contributed by atoms with E-state index in [0.29, 0.717) is 0 Å². The van der Waals surface area contributed by atoms with Crippen molar-refractivity contribution in [3.05, 3.63) is 11.6 Å². The molecule has 2 nitrogen and oxygen atoms in total. The predicted octanol–water partition coefficient (Wildman–Crippen LogP) is 1.68. The maximum atomic E-state index is 11.1. The van der Waals surface area contributed by atoms with Gasteiger partial charge in [-0.3, -0.25) is 4.79 Å². The zero-order valence-electron chi connectivity index (χ0n) is 7.92. The third-order valence-corrected chi connectivity index (χ3v) is 2.77. The Morgan fingerprint density at radius 2 is 2.25 bits per heavy atom. The number of hydrogen-bond donors (Lipinski definition) is 1. The molecule has 0 bridgehead atoms. The van der Waals surface area contributed by atoms with Crippen LogP contribution in [-0.4, -0.2) is 17.0 Å². The van der Waals surface area contributed by atoms with E-state index in [0.717, 1.165) is 12.0 Å². The molecule has 1 aliphatic rings. The third kappa shape index (κ3) is 1.44. The second-order valence-corrected chi connectivity index (χ2v) is 3.93. The van der Waals surface area contributed by atoms with Crippen molar-refractivity contribution in [2.24, 2.45) is 5.41 Å². The Hall–Kier alpha value is -0.630. The molecule has 68 valence electrons. The summed E-state index contributed by atoms with van der Waals surface area (Å²) >= 11 is 0. The molecule has 0 heterocycles. The standard InChI is InChI=1S/C10H16O2/c1-4-7-5-8(11)6-9(12)10(7,2)3/h5,9,12H,4,6H2,1-3H3. The summed E-state index contributed by atoms with van der Waals surface area (Å²) in [5.41, 5.74) is 0.842. The van der Waals surface area contributed by atoms with Crippen LogP contribution in [-0.2, 0) is 4.79 Å². The molecular formula is C10H16O2. The molecule has 1 N–H and O–H groups in total. The maximum Gasteiger partial charge on any atom is 0.158 e. The van der Waals surface area contributed by atoms with Crippen LogP contribution in [0.25, 0.3) is 0 Å². The molecule has 0 aromatic rings. The Kier molecular flexibility index (Phi) is 2.38. The van der Waals surface area contributed by atoms with Crippen molar-refractivity contribution in [3.8, 4) is 0 Å². The Bertz CT molecular complexity index is 226. The lowest BCUT2D eigenvalue weighted by molar-refractivity contribution is -0.119. The van der Waals surface area contributed by atoms with E-state index in [4.69, 9.17) is 0 Å². The van der Waals surface area contributed by atoms with Crippen molar-refractivity contribution in [3.63, 3.8) is 0 Å². The van der Waals surface area contributed by atoms with Crippen molar-refractivity contribution in [2.75, 3.05) is 0 Å². The Morgan fingerprint density at radius 3 is 2.75 bits per heavy atom. The molecule has 0 aliphatic heterocycles. The lowest BCUT2D eigenvalue weighted by Gasteiger charge is -2.35. The number of aliphatic hydroxyl groups is 1. The van der Waals surface area contributed by atoms with Gasteiger partial charge in [-0.1, -0.05) is 26.3 Å². The maximum absolute atomic E-state index is 11.1. The Labute approximate surface area is 73.3 Å². The number of hydrogen-bond acceptors (Lipinski definition) is 2. The van der Waals surface area contributed by atoms with Crippen LogP contribution in [0, 0.1) is 5.41 Å². The van der Waals surface area contributed by atoms with Crippen LogP contribution in [0.15, 0.2) is 11.6 Å². The van der Waals surface area contributed by atoms with Gasteiger partial charge in [0.25, 0.3) is 0 Å². The monoisotopic (exact) mass is 168 g/mol. The van der Waals surface area contributed by atoms with E-state index in [1.807, 2.05) is 20.8 Å². The van der Waals surface area contributed by atoms with Crippen molar-refractivity contribution >= 4 is 5.78 Å². The fraction of sp³-hybridized carbons (Fsp3) is 0.700. The molecule has 0 spiro atoms. The molecule has 0 aromatic carbocycles. The van der Waals surface area contributed by atoms with E-state index < -0.39 is 6.10 Å². The summed E-state index contributed by atoms with van der Waals surface area (Å²) in [7, 11) is 0. The van der Waals surface area contributed by atoms with Gasteiger partial charge in [-0.05, 0) is 12.5 Å². The van der Waals surface area contributed by atoms with Gasteiger partial charge < -0.3 is 5.11 Å². The summed E-state index contributed by atoms with van der Waals surface area (Å²) in [5, 5.41) is 9.65. The molecule has 0 amide bonds. The van der Waals surface area contributed by atoms with Crippen LogP contribution in [0.1, 0.15) is 33.6 Å². The van der Waals surface area contributed by atoms with Gasteiger partial charge in [-0.25, -0.2) is 0 Å². The summed E-state index contributed by atoms with van der Waals surface area (Å²) in [4.78, 5) is 11.1. The van der Waals surface area contributed by atoms with Crippen LogP contribution in [0.3, 0.4) is 0 Å². The minimum Gasteiger partial charge on any atom is -0.392 e. The van der Waals surface area contributed by atoms with E-state index in [9.17, 15) is 9.90 Å². The summed E-state index contributed by atoms with van der Waals surface area (Å²) in [6.45, 7) is 5.98. The van der Waals surface area contributed by atoms with Gasteiger partial charge in [0.1, 0.15) is 0 Å². The Morgan fingerprint density at radius 1 is 1.67 bits per heavy atom. The van der Waals surface area contributed by atoms with Gasteiger partial charge >= 0.3 is 0 Å². The molecule has 1 aliphatic carbocycles. The zero-order chi connectivity index (χ0) is 9.35. The van der Waals surface area contributed by atoms with Gasteiger partial charge in [0.05, 0.1) is 6.10 Å². The highest BCUT2D eigenvalue weighted by molar-refractivity contribution is 5.92. The second kappa shape index (κ2) is 3.02. The van der Waals surface area contributed by atoms with Gasteiger partial charge in [-0.15, -0.1) is 0 Å². The molecule has 12 heavy (non-hydrogen) atoms. The highest BCUT2D eigenvalue weighted by Gasteiger charge is 2.35. The average molecular weight is 168 g/mol. The molecule has 0 aromatic heterocycles. The average Bonchev–Trinajstić information content (AvgIpc) is 1.97. The van der Waals surface area contributed by atoms with Crippen molar-refractivity contribution in [1.82, 2.24) is 0 Å². The summed E-state index contributed by atoms with van der Waals surface area (Å²) in [6, 6.07) is 0. The lowest BCUT2D eigenvalue weighted by atomic mass is 9.72. The summed E-state index contributed by atoms with van der Waals surface area (Å²) in [6.07, 6.45) is 2.30. The molecule has 0 saturated heterocycles. The van der Waals surface area contributed by atoms with Gasteiger partial charge in [0, 0.05) is 11.8 Å². The molecule has 1 atom stereocenters. The number of allylic oxidation sites excluding steroid dienone is 1. The van der Waals surface area contributed by atoms with Crippen LogP contribution in [0.4, 0.5) is 0 Å². The molecule has 1 unspecified atom stereocenters. The molecule has 2 heteroatoms. The van der Waals surface area contributed by atoms with Crippen LogP contribution in [0.5, 0.6) is 0 Å². The second-order valence-electron chi connectivity index (χ2n) is 3.93. The smallest absolute Gasteiger partial charge is 0.158 e. The topological polar surface area (TPSA) is 37.3 Å². The number of carbonyl (C=O) groups excluding carboxylic acids is 1. The fourth-order valence-corrected chi connectivity index (χ4v) is 1.66.